The predicted octanol–water partition coefficient (Wildman–Crippen LogP) is 3.76. The molecule has 0 radical (unpaired) electrons. The summed E-state index contributed by atoms with van der Waals surface area (Å²) in [5.41, 5.74) is 0.860. The Morgan fingerprint density at radius 3 is 2.62 bits per heavy atom. The summed E-state index contributed by atoms with van der Waals surface area (Å²) < 4.78 is 41.8. The third-order valence-electron chi connectivity index (χ3n) is 4.44. The average Bonchev–Trinajstić information content (AvgIpc) is 2.94. The van der Waals surface area contributed by atoms with Gasteiger partial charge in [-0.2, -0.15) is 13.2 Å². The molecule has 0 N–H and O–H groups in total. The number of imidazole rings is 1. The number of halogens is 3. The van der Waals surface area contributed by atoms with Crippen molar-refractivity contribution in [3.05, 3.63) is 52.0 Å². The van der Waals surface area contributed by atoms with E-state index in [0.717, 1.165) is 17.6 Å². The zero-order valence-corrected chi connectivity index (χ0v) is 13.5. The zero-order valence-electron chi connectivity index (χ0n) is 13.5. The van der Waals surface area contributed by atoms with Gasteiger partial charge in [0.15, 0.2) is 5.82 Å². The predicted molar refractivity (Wildman–Crippen MR) is 87.0 cm³/mol. The molecule has 0 spiro atoms. The minimum Gasteiger partial charge on any atom is -0.358 e. The van der Waals surface area contributed by atoms with Crippen LogP contribution in [0.15, 0.2) is 30.5 Å². The van der Waals surface area contributed by atoms with Gasteiger partial charge in [0, 0.05) is 18.4 Å². The lowest BCUT2D eigenvalue weighted by Gasteiger charge is -2.19. The maximum Gasteiger partial charge on any atom is 0.416 e. The first-order valence-corrected chi connectivity index (χ1v) is 7.72. The first-order valence-electron chi connectivity index (χ1n) is 7.72. The van der Waals surface area contributed by atoms with Crippen LogP contribution in [0.1, 0.15) is 11.4 Å². The normalized spacial score (nSPS) is 12.5. The molecule has 0 aliphatic carbocycles. The van der Waals surface area contributed by atoms with E-state index in [1.165, 1.54) is 16.8 Å². The zero-order chi connectivity index (χ0) is 18.6. The molecule has 0 aliphatic heterocycles. The molecule has 7 nitrogen and oxygen atoms in total. The van der Waals surface area contributed by atoms with Crippen LogP contribution in [0.25, 0.3) is 22.1 Å². The molecule has 0 atom stereocenters. The quantitative estimate of drug-likeness (QED) is 0.408. The van der Waals surface area contributed by atoms with Gasteiger partial charge in [-0.3, -0.25) is 0 Å². The van der Waals surface area contributed by atoms with E-state index in [1.807, 2.05) is 4.57 Å². The Morgan fingerprint density at radius 1 is 1.19 bits per heavy atom. The lowest BCUT2D eigenvalue weighted by Crippen LogP contribution is -2.16. The van der Waals surface area contributed by atoms with E-state index >= 15 is 0 Å². The Labute approximate surface area is 144 Å². The smallest absolute Gasteiger partial charge is 0.358 e. The summed E-state index contributed by atoms with van der Waals surface area (Å²) in [5, 5.41) is 11.7. The van der Waals surface area contributed by atoms with E-state index in [4.69, 9.17) is 0 Å². The van der Waals surface area contributed by atoms with Gasteiger partial charge in [-0.15, -0.1) is 0 Å². The Balaban J connectivity index is 1.66. The maximum absolute atomic E-state index is 12.8. The largest absolute Gasteiger partial charge is 0.416 e. The van der Waals surface area contributed by atoms with Crippen molar-refractivity contribution in [1.29, 1.82) is 0 Å². The van der Waals surface area contributed by atoms with Gasteiger partial charge in [-0.25, -0.2) is 14.5 Å². The molecule has 0 saturated heterocycles. The number of pyridine rings is 1. The van der Waals surface area contributed by atoms with Gasteiger partial charge >= 0.3 is 12.0 Å². The summed E-state index contributed by atoms with van der Waals surface area (Å²) in [6, 6.07) is 5.25. The first-order chi connectivity index (χ1) is 12.3. The fraction of sp³-hybridized carbons (Fsp3) is 0.250. The molecule has 5 rings (SSSR count). The van der Waals surface area contributed by atoms with Crippen LogP contribution in [0, 0.1) is 17.0 Å². The second-order valence-electron chi connectivity index (χ2n) is 5.95. The summed E-state index contributed by atoms with van der Waals surface area (Å²) in [4.78, 5) is 18.7. The average molecular weight is 363 g/mol. The fourth-order valence-corrected chi connectivity index (χ4v) is 3.11. The van der Waals surface area contributed by atoms with Crippen LogP contribution in [-0.2, 0) is 19.3 Å². The summed E-state index contributed by atoms with van der Waals surface area (Å²) >= 11 is 0. The van der Waals surface area contributed by atoms with E-state index in [0.29, 0.717) is 29.9 Å². The topological polar surface area (TPSA) is 78.8 Å². The van der Waals surface area contributed by atoms with Crippen LogP contribution in [-0.4, -0.2) is 24.0 Å². The van der Waals surface area contributed by atoms with Crippen molar-refractivity contribution >= 4 is 27.9 Å². The molecular formula is C16H12F3N5O2. The third kappa shape index (κ3) is 2.45. The van der Waals surface area contributed by atoms with Gasteiger partial charge in [0.05, 0.1) is 23.1 Å². The van der Waals surface area contributed by atoms with Gasteiger partial charge in [0.1, 0.15) is 18.4 Å². The molecule has 134 valence electrons. The van der Waals surface area contributed by atoms with Crippen molar-refractivity contribution < 1.29 is 18.1 Å². The lowest BCUT2D eigenvalue weighted by atomic mass is 10.1. The van der Waals surface area contributed by atoms with Crippen molar-refractivity contribution in [3.63, 3.8) is 0 Å². The van der Waals surface area contributed by atoms with Crippen molar-refractivity contribution in [2.24, 2.45) is 0 Å². The molecule has 4 heterocycles. The maximum atomic E-state index is 12.8. The van der Waals surface area contributed by atoms with Crippen molar-refractivity contribution in [2.45, 2.75) is 26.2 Å². The molecular weight excluding hydrogens is 351 g/mol. The highest BCUT2D eigenvalue weighted by Gasteiger charge is 2.31. The second kappa shape index (κ2) is 5.41. The number of aryl methyl sites for hydroxylation is 2. The summed E-state index contributed by atoms with van der Waals surface area (Å²) in [6.45, 7) is 2.40. The van der Waals surface area contributed by atoms with Crippen molar-refractivity contribution in [1.82, 2.24) is 19.1 Å². The minimum atomic E-state index is -4.41. The number of alkyl halides is 3. The lowest BCUT2D eigenvalue weighted by molar-refractivity contribution is -0.392. The number of nitrogens with zero attached hydrogens (tertiary/aromatic N) is 5. The third-order valence-corrected chi connectivity index (χ3v) is 4.44. The number of hydrogen-bond donors (Lipinski definition) is 0. The Kier molecular flexibility index (Phi) is 3.40. The fourth-order valence-electron chi connectivity index (χ4n) is 3.11. The van der Waals surface area contributed by atoms with Crippen LogP contribution in [0.3, 0.4) is 0 Å². The van der Waals surface area contributed by atoms with Crippen LogP contribution in [0.4, 0.5) is 19.0 Å². The Morgan fingerprint density at radius 2 is 1.92 bits per heavy atom. The molecule has 0 unspecified atom stereocenters. The SMILES string of the molecule is Cc1ncc([N+](=O)[O-])n1CCN1c2cc1c1ccc(C(F)(F)F)cc1n2. The monoisotopic (exact) mass is 363 g/mol. The van der Waals surface area contributed by atoms with Gasteiger partial charge in [0.2, 0.25) is 0 Å². The molecule has 5 aromatic rings. The first kappa shape index (κ1) is 16.3. The van der Waals surface area contributed by atoms with Gasteiger partial charge in [-0.1, -0.05) is 6.07 Å². The van der Waals surface area contributed by atoms with Crippen molar-refractivity contribution in [2.75, 3.05) is 0 Å². The minimum absolute atomic E-state index is 0.0979. The highest BCUT2D eigenvalue weighted by Crippen LogP contribution is 2.34. The number of aromatic nitrogens is 4. The molecule has 1 aromatic carbocycles. The molecule has 0 fully saturated rings. The molecule has 0 aliphatic rings. The highest BCUT2D eigenvalue weighted by atomic mass is 19.4. The molecule has 0 amide bonds. The molecule has 2 bridgehead atoms. The van der Waals surface area contributed by atoms with E-state index in [1.54, 1.807) is 13.0 Å². The number of rotatable bonds is 4. The summed E-state index contributed by atoms with van der Waals surface area (Å²) in [7, 11) is 0. The van der Waals surface area contributed by atoms with E-state index in [2.05, 4.69) is 9.97 Å². The number of hydrogen-bond acceptors (Lipinski definition) is 4. The highest BCUT2D eigenvalue weighted by molar-refractivity contribution is 6.00. The van der Waals surface area contributed by atoms with E-state index in [-0.39, 0.29) is 11.3 Å². The van der Waals surface area contributed by atoms with Crippen LogP contribution < -0.4 is 0 Å². The van der Waals surface area contributed by atoms with Gasteiger partial charge in [-0.05, 0) is 17.1 Å². The van der Waals surface area contributed by atoms with Gasteiger partial charge in [0.25, 0.3) is 0 Å². The van der Waals surface area contributed by atoms with Crippen molar-refractivity contribution in [3.8, 4) is 0 Å². The number of nitro groups is 1. The second-order valence-corrected chi connectivity index (χ2v) is 5.95. The van der Waals surface area contributed by atoms with Crippen LogP contribution in [0.5, 0.6) is 0 Å². The molecule has 0 saturated carbocycles. The standard InChI is InChI=1S/C16H12F3N5O2/c1-9-20-8-15(24(25)26)22(9)4-5-23-13-7-14(23)21-12-6-10(16(17,18)19)2-3-11(12)13/h2-3,6-8H,4-5H2,1H3. The van der Waals surface area contributed by atoms with Crippen LogP contribution in [0.2, 0.25) is 0 Å². The number of benzene rings is 1. The van der Waals surface area contributed by atoms with Crippen LogP contribution >= 0.6 is 0 Å². The Bertz CT molecular complexity index is 1130. The van der Waals surface area contributed by atoms with Gasteiger partial charge < -0.3 is 14.7 Å². The van der Waals surface area contributed by atoms with E-state index in [9.17, 15) is 23.3 Å². The Hall–Kier alpha value is -3.17. The van der Waals surface area contributed by atoms with E-state index < -0.39 is 16.7 Å². The molecule has 4 aromatic heterocycles. The summed E-state index contributed by atoms with van der Waals surface area (Å²) in [6.07, 6.45) is -3.21. The summed E-state index contributed by atoms with van der Waals surface area (Å²) in [5.74, 6) is 0.424. The molecule has 26 heavy (non-hydrogen) atoms. The molecule has 10 heteroatoms.